The van der Waals surface area contributed by atoms with Crippen molar-refractivity contribution in [2.24, 2.45) is 0 Å². The van der Waals surface area contributed by atoms with Crippen LogP contribution in [0.4, 0.5) is 0 Å². The predicted molar refractivity (Wildman–Crippen MR) is 49.7 cm³/mol. The van der Waals surface area contributed by atoms with Crippen LogP contribution in [0.2, 0.25) is 0 Å². The SMILES string of the molecule is CNC(Cl)c1ccc(Br)s1. The minimum absolute atomic E-state index is 0.0590. The van der Waals surface area contributed by atoms with E-state index in [0.717, 1.165) is 8.66 Å². The van der Waals surface area contributed by atoms with E-state index in [1.807, 2.05) is 19.2 Å². The van der Waals surface area contributed by atoms with Gasteiger partial charge in [0, 0.05) is 4.88 Å². The van der Waals surface area contributed by atoms with Crippen molar-refractivity contribution in [3.63, 3.8) is 0 Å². The Morgan fingerprint density at radius 1 is 1.70 bits per heavy atom. The lowest BCUT2D eigenvalue weighted by atomic mass is 10.5. The maximum Gasteiger partial charge on any atom is 0.117 e. The third-order valence-electron chi connectivity index (χ3n) is 1.10. The van der Waals surface area contributed by atoms with Crippen LogP contribution >= 0.6 is 38.9 Å². The molecule has 0 bridgehead atoms. The van der Waals surface area contributed by atoms with Gasteiger partial charge in [-0.3, -0.25) is 0 Å². The number of rotatable bonds is 2. The smallest absolute Gasteiger partial charge is 0.117 e. The third-order valence-corrected chi connectivity index (χ3v) is 3.37. The topological polar surface area (TPSA) is 12.0 Å². The van der Waals surface area contributed by atoms with Crippen molar-refractivity contribution in [3.05, 3.63) is 20.8 Å². The number of halogens is 2. The van der Waals surface area contributed by atoms with Crippen LogP contribution in [0.25, 0.3) is 0 Å². The monoisotopic (exact) mass is 239 g/mol. The first-order valence-corrected chi connectivity index (χ1v) is 4.85. The molecule has 1 N–H and O–H groups in total. The zero-order valence-electron chi connectivity index (χ0n) is 5.40. The first kappa shape index (κ1) is 8.53. The number of hydrogen-bond acceptors (Lipinski definition) is 2. The molecular weight excluding hydrogens is 233 g/mol. The van der Waals surface area contributed by atoms with Crippen molar-refractivity contribution in [1.82, 2.24) is 5.32 Å². The van der Waals surface area contributed by atoms with E-state index in [1.54, 1.807) is 11.3 Å². The Bertz CT molecular complexity index is 213. The fraction of sp³-hybridized carbons (Fsp3) is 0.333. The van der Waals surface area contributed by atoms with Crippen LogP contribution in [0.3, 0.4) is 0 Å². The summed E-state index contributed by atoms with van der Waals surface area (Å²) in [5, 5.41) is 2.95. The third kappa shape index (κ3) is 1.95. The molecule has 1 aromatic rings. The van der Waals surface area contributed by atoms with Gasteiger partial charge in [-0.25, -0.2) is 0 Å². The molecule has 0 amide bonds. The zero-order chi connectivity index (χ0) is 7.56. The van der Waals surface area contributed by atoms with Crippen LogP contribution in [-0.4, -0.2) is 7.05 Å². The Morgan fingerprint density at radius 3 is 2.80 bits per heavy atom. The number of thiophene rings is 1. The summed E-state index contributed by atoms with van der Waals surface area (Å²) < 4.78 is 1.11. The van der Waals surface area contributed by atoms with Crippen molar-refractivity contribution in [1.29, 1.82) is 0 Å². The second-order valence-electron chi connectivity index (χ2n) is 1.79. The van der Waals surface area contributed by atoms with E-state index in [2.05, 4.69) is 21.2 Å². The molecule has 1 rings (SSSR count). The van der Waals surface area contributed by atoms with Crippen LogP contribution in [0.15, 0.2) is 15.9 Å². The average Bonchev–Trinajstić information content (AvgIpc) is 2.34. The summed E-state index contributed by atoms with van der Waals surface area (Å²) in [6.45, 7) is 0. The maximum atomic E-state index is 5.88. The van der Waals surface area contributed by atoms with Gasteiger partial charge in [0.25, 0.3) is 0 Å². The van der Waals surface area contributed by atoms with Crippen molar-refractivity contribution in [2.45, 2.75) is 5.50 Å². The molecule has 10 heavy (non-hydrogen) atoms. The number of nitrogens with one attached hydrogen (secondary N) is 1. The molecular formula is C6H7BrClNS. The van der Waals surface area contributed by atoms with Gasteiger partial charge in [0.2, 0.25) is 0 Å². The van der Waals surface area contributed by atoms with Crippen molar-refractivity contribution < 1.29 is 0 Å². The van der Waals surface area contributed by atoms with Gasteiger partial charge in [0.1, 0.15) is 5.50 Å². The molecule has 0 spiro atoms. The molecule has 4 heteroatoms. The van der Waals surface area contributed by atoms with E-state index in [-0.39, 0.29) is 5.50 Å². The largest absolute Gasteiger partial charge is 0.300 e. The molecule has 1 aromatic heterocycles. The van der Waals surface area contributed by atoms with Gasteiger partial charge in [-0.05, 0) is 35.1 Å². The molecule has 0 saturated carbocycles. The lowest BCUT2D eigenvalue weighted by molar-refractivity contribution is 0.797. The zero-order valence-corrected chi connectivity index (χ0v) is 8.55. The minimum atomic E-state index is -0.0590. The Hall–Kier alpha value is 0.430. The predicted octanol–water partition coefficient (Wildman–Crippen LogP) is 2.97. The van der Waals surface area contributed by atoms with Gasteiger partial charge in [-0.1, -0.05) is 11.6 Å². The lowest BCUT2D eigenvalue weighted by Crippen LogP contribution is -2.07. The summed E-state index contributed by atoms with van der Waals surface area (Å²) in [5.41, 5.74) is -0.0590. The van der Waals surface area contributed by atoms with Gasteiger partial charge in [0.05, 0.1) is 3.79 Å². The molecule has 0 aromatic carbocycles. The standard InChI is InChI=1S/C6H7BrClNS/c1-9-6(8)4-2-3-5(7)10-4/h2-3,6,9H,1H3. The maximum absolute atomic E-state index is 5.88. The lowest BCUT2D eigenvalue weighted by Gasteiger charge is -2.02. The first-order chi connectivity index (χ1) is 4.74. The quantitative estimate of drug-likeness (QED) is 0.619. The number of alkyl halides is 1. The second-order valence-corrected chi connectivity index (χ2v) is 4.72. The highest BCUT2D eigenvalue weighted by Gasteiger charge is 2.05. The molecule has 1 heterocycles. The summed E-state index contributed by atoms with van der Waals surface area (Å²) in [4.78, 5) is 1.14. The summed E-state index contributed by atoms with van der Waals surface area (Å²) >= 11 is 10.9. The second kappa shape index (κ2) is 3.72. The van der Waals surface area contributed by atoms with Gasteiger partial charge >= 0.3 is 0 Å². The van der Waals surface area contributed by atoms with Crippen LogP contribution in [0.1, 0.15) is 10.4 Å². The summed E-state index contributed by atoms with van der Waals surface area (Å²) in [6.07, 6.45) is 0. The highest BCUT2D eigenvalue weighted by Crippen LogP contribution is 2.28. The Labute approximate surface area is 77.5 Å². The molecule has 1 nitrogen and oxygen atoms in total. The van der Waals surface area contributed by atoms with E-state index in [9.17, 15) is 0 Å². The van der Waals surface area contributed by atoms with Crippen molar-refractivity contribution >= 4 is 38.9 Å². The van der Waals surface area contributed by atoms with E-state index in [1.165, 1.54) is 0 Å². The Balaban J connectivity index is 2.74. The summed E-state index contributed by atoms with van der Waals surface area (Å²) in [6, 6.07) is 4.00. The molecule has 1 unspecified atom stereocenters. The Kier molecular flexibility index (Phi) is 3.17. The summed E-state index contributed by atoms with van der Waals surface area (Å²) in [7, 11) is 1.84. The van der Waals surface area contributed by atoms with Gasteiger partial charge in [-0.2, -0.15) is 0 Å². The highest BCUT2D eigenvalue weighted by atomic mass is 79.9. The molecule has 0 radical (unpaired) electrons. The van der Waals surface area contributed by atoms with Gasteiger partial charge in [-0.15, -0.1) is 11.3 Å². The fourth-order valence-electron chi connectivity index (χ4n) is 0.607. The molecule has 0 fully saturated rings. The Morgan fingerprint density at radius 2 is 2.40 bits per heavy atom. The van der Waals surface area contributed by atoms with Crippen LogP contribution < -0.4 is 5.32 Å². The normalized spacial score (nSPS) is 13.5. The molecule has 0 aliphatic heterocycles. The van der Waals surface area contributed by atoms with Crippen LogP contribution in [-0.2, 0) is 0 Å². The molecule has 0 aliphatic rings. The van der Waals surface area contributed by atoms with E-state index >= 15 is 0 Å². The van der Waals surface area contributed by atoms with Gasteiger partial charge in [0.15, 0.2) is 0 Å². The molecule has 1 atom stereocenters. The summed E-state index contributed by atoms with van der Waals surface area (Å²) in [5.74, 6) is 0. The van der Waals surface area contributed by atoms with E-state index in [0.29, 0.717) is 0 Å². The van der Waals surface area contributed by atoms with Crippen molar-refractivity contribution in [2.75, 3.05) is 7.05 Å². The average molecular weight is 241 g/mol. The number of hydrogen-bond donors (Lipinski definition) is 1. The van der Waals surface area contributed by atoms with Crippen LogP contribution in [0, 0.1) is 0 Å². The van der Waals surface area contributed by atoms with E-state index in [4.69, 9.17) is 11.6 Å². The fourth-order valence-corrected chi connectivity index (χ4v) is 2.22. The minimum Gasteiger partial charge on any atom is -0.300 e. The molecule has 0 saturated heterocycles. The van der Waals surface area contributed by atoms with E-state index < -0.39 is 0 Å². The van der Waals surface area contributed by atoms with Crippen LogP contribution in [0.5, 0.6) is 0 Å². The first-order valence-electron chi connectivity index (χ1n) is 2.80. The van der Waals surface area contributed by atoms with Crippen molar-refractivity contribution in [3.8, 4) is 0 Å². The van der Waals surface area contributed by atoms with Gasteiger partial charge < -0.3 is 5.32 Å². The molecule has 56 valence electrons. The molecule has 0 aliphatic carbocycles. The highest BCUT2D eigenvalue weighted by molar-refractivity contribution is 9.11.